The van der Waals surface area contributed by atoms with Gasteiger partial charge in [0.05, 0.1) is 11.6 Å². The van der Waals surface area contributed by atoms with Crippen LogP contribution >= 0.6 is 0 Å². The Bertz CT molecular complexity index is 1740. The highest BCUT2D eigenvalue weighted by molar-refractivity contribution is 6.02. The standard InChI is InChI=1S/C33H30N4O4/c38-30-16-21(19-37(30)28-10-5-11-29-31(28)41-20-40-29)32(39)36-14-12-33(13-15-36,24-17-34-26-8-3-1-6-22(24)26)25-18-35-27-9-4-2-7-23(25)27/h1-11,17-18,21,34-35H,12-16,19-20H2. The van der Waals surface area contributed by atoms with E-state index in [4.69, 9.17) is 9.47 Å². The first-order valence-electron chi connectivity index (χ1n) is 14.2. The number of likely N-dealkylation sites (tertiary alicyclic amines) is 1. The molecule has 2 aromatic heterocycles. The fourth-order valence-corrected chi connectivity index (χ4v) is 7.22. The van der Waals surface area contributed by atoms with Crippen molar-refractivity contribution in [1.29, 1.82) is 0 Å². The molecule has 1 unspecified atom stereocenters. The normalized spacial score (nSPS) is 19.9. The molecule has 8 heteroatoms. The lowest BCUT2D eigenvalue weighted by atomic mass is 9.67. The van der Waals surface area contributed by atoms with Crippen molar-refractivity contribution >= 4 is 39.3 Å². The van der Waals surface area contributed by atoms with Gasteiger partial charge in [-0.15, -0.1) is 0 Å². The van der Waals surface area contributed by atoms with Gasteiger partial charge in [0.2, 0.25) is 18.6 Å². The summed E-state index contributed by atoms with van der Waals surface area (Å²) in [6.07, 6.45) is 6.10. The number of carbonyl (C=O) groups is 2. The van der Waals surface area contributed by atoms with Crippen LogP contribution in [0.1, 0.15) is 30.4 Å². The molecular weight excluding hydrogens is 516 g/mol. The summed E-state index contributed by atoms with van der Waals surface area (Å²) in [5.74, 6) is 0.823. The second-order valence-electron chi connectivity index (χ2n) is 11.3. The predicted octanol–water partition coefficient (Wildman–Crippen LogP) is 5.34. The van der Waals surface area contributed by atoms with E-state index >= 15 is 0 Å². The van der Waals surface area contributed by atoms with Gasteiger partial charge in [-0.25, -0.2) is 0 Å². The largest absolute Gasteiger partial charge is 0.454 e. The zero-order chi connectivity index (χ0) is 27.6. The maximum atomic E-state index is 13.8. The van der Waals surface area contributed by atoms with Crippen LogP contribution in [0.15, 0.2) is 79.1 Å². The van der Waals surface area contributed by atoms with Crippen LogP contribution in [0, 0.1) is 5.92 Å². The third-order valence-corrected chi connectivity index (χ3v) is 9.28. The number of amides is 2. The zero-order valence-electron chi connectivity index (χ0n) is 22.6. The van der Waals surface area contributed by atoms with Crippen LogP contribution < -0.4 is 14.4 Å². The smallest absolute Gasteiger partial charge is 0.231 e. The first-order valence-corrected chi connectivity index (χ1v) is 14.2. The summed E-state index contributed by atoms with van der Waals surface area (Å²) in [4.78, 5) is 37.6. The summed E-state index contributed by atoms with van der Waals surface area (Å²) < 4.78 is 11.1. The van der Waals surface area contributed by atoms with E-state index in [2.05, 4.69) is 70.9 Å². The number of rotatable bonds is 4. The highest BCUT2D eigenvalue weighted by Gasteiger charge is 2.45. The van der Waals surface area contributed by atoms with Crippen molar-refractivity contribution in [2.24, 2.45) is 5.92 Å². The minimum Gasteiger partial charge on any atom is -0.454 e. The molecule has 2 amide bonds. The van der Waals surface area contributed by atoms with Crippen molar-refractivity contribution in [3.63, 3.8) is 0 Å². The maximum Gasteiger partial charge on any atom is 0.231 e. The van der Waals surface area contributed by atoms with Gasteiger partial charge in [0, 0.05) is 65.7 Å². The van der Waals surface area contributed by atoms with Crippen molar-refractivity contribution in [3.8, 4) is 11.5 Å². The number of hydrogen-bond acceptors (Lipinski definition) is 4. The summed E-state index contributed by atoms with van der Waals surface area (Å²) >= 11 is 0. The highest BCUT2D eigenvalue weighted by Crippen LogP contribution is 2.48. The summed E-state index contributed by atoms with van der Waals surface area (Å²) in [5, 5.41) is 2.44. The Balaban J connectivity index is 1.08. The number of benzene rings is 3. The van der Waals surface area contributed by atoms with Gasteiger partial charge in [-0.05, 0) is 48.2 Å². The first kappa shape index (κ1) is 24.1. The van der Waals surface area contributed by atoms with E-state index in [-0.39, 0.29) is 36.4 Å². The van der Waals surface area contributed by atoms with Gasteiger partial charge >= 0.3 is 0 Å². The minimum atomic E-state index is -0.380. The van der Waals surface area contributed by atoms with Crippen molar-refractivity contribution in [3.05, 3.63) is 90.3 Å². The first-order chi connectivity index (χ1) is 20.1. The van der Waals surface area contributed by atoms with E-state index in [1.807, 2.05) is 23.1 Å². The fourth-order valence-electron chi connectivity index (χ4n) is 7.22. The molecule has 2 fully saturated rings. The zero-order valence-corrected chi connectivity index (χ0v) is 22.6. The molecular formula is C33H30N4O4. The van der Waals surface area contributed by atoms with Crippen LogP contribution in [0.4, 0.5) is 5.69 Å². The molecule has 3 aliphatic rings. The Hall–Kier alpha value is -4.72. The molecule has 0 radical (unpaired) electrons. The van der Waals surface area contributed by atoms with Crippen molar-refractivity contribution in [2.75, 3.05) is 31.3 Å². The fraction of sp³-hybridized carbons (Fsp3) is 0.273. The quantitative estimate of drug-likeness (QED) is 0.319. The lowest BCUT2D eigenvalue weighted by Crippen LogP contribution is -2.47. The number of carbonyl (C=O) groups excluding carboxylic acids is 2. The van der Waals surface area contributed by atoms with E-state index in [0.717, 1.165) is 23.9 Å². The van der Waals surface area contributed by atoms with Crippen molar-refractivity contribution in [1.82, 2.24) is 14.9 Å². The molecule has 8 rings (SSSR count). The lowest BCUT2D eigenvalue weighted by Gasteiger charge is -2.43. The second kappa shape index (κ2) is 9.16. The van der Waals surface area contributed by atoms with E-state index in [9.17, 15) is 9.59 Å². The van der Waals surface area contributed by atoms with Crippen molar-refractivity contribution < 1.29 is 19.1 Å². The molecule has 5 heterocycles. The second-order valence-corrected chi connectivity index (χ2v) is 11.3. The minimum absolute atomic E-state index is 0.0528. The van der Waals surface area contributed by atoms with Gasteiger partial charge in [0.1, 0.15) is 0 Å². The number of H-pyrrole nitrogens is 2. The molecule has 0 aliphatic carbocycles. The average Bonchev–Trinajstić information content (AvgIpc) is 3.82. The number of piperidine rings is 1. The third kappa shape index (κ3) is 3.66. The Morgan fingerprint density at radius 3 is 2.17 bits per heavy atom. The van der Waals surface area contributed by atoms with Gasteiger partial charge in [-0.1, -0.05) is 42.5 Å². The number of ether oxygens (including phenoxy) is 2. The molecule has 5 aromatic rings. The van der Waals surface area contributed by atoms with Crippen LogP contribution in [0.25, 0.3) is 21.8 Å². The summed E-state index contributed by atoms with van der Waals surface area (Å²) in [7, 11) is 0. The van der Waals surface area contributed by atoms with Crippen LogP contribution in [-0.2, 0) is 15.0 Å². The highest BCUT2D eigenvalue weighted by atomic mass is 16.7. The number of nitrogens with one attached hydrogen (secondary N) is 2. The molecule has 41 heavy (non-hydrogen) atoms. The molecule has 0 spiro atoms. The van der Waals surface area contributed by atoms with Crippen LogP contribution in [0.2, 0.25) is 0 Å². The molecule has 2 saturated heterocycles. The Labute approximate surface area is 236 Å². The summed E-state index contributed by atoms with van der Waals surface area (Å²) in [6, 6.07) is 22.4. The summed E-state index contributed by atoms with van der Waals surface area (Å²) in [5.41, 5.74) is 5.20. The van der Waals surface area contributed by atoms with Gasteiger partial charge in [0.25, 0.3) is 0 Å². The topological polar surface area (TPSA) is 90.7 Å². The van der Waals surface area contributed by atoms with E-state index < -0.39 is 0 Å². The monoisotopic (exact) mass is 546 g/mol. The van der Waals surface area contributed by atoms with Crippen LogP contribution in [0.5, 0.6) is 11.5 Å². The molecule has 8 nitrogen and oxygen atoms in total. The Kier molecular flexibility index (Phi) is 5.39. The number of nitrogens with zero attached hydrogens (tertiary/aromatic N) is 2. The molecule has 1 atom stereocenters. The van der Waals surface area contributed by atoms with Gasteiger partial charge in [-0.2, -0.15) is 0 Å². The third-order valence-electron chi connectivity index (χ3n) is 9.28. The number of aromatic amines is 2. The Morgan fingerprint density at radius 1 is 0.829 bits per heavy atom. The number of hydrogen-bond donors (Lipinski definition) is 2. The number of aromatic nitrogens is 2. The number of fused-ring (bicyclic) bond motifs is 3. The van der Waals surface area contributed by atoms with Crippen LogP contribution in [-0.4, -0.2) is 53.1 Å². The number of para-hydroxylation sites is 3. The van der Waals surface area contributed by atoms with Gasteiger partial charge in [0.15, 0.2) is 11.5 Å². The van der Waals surface area contributed by atoms with E-state index in [1.165, 1.54) is 21.9 Å². The molecule has 206 valence electrons. The molecule has 3 aromatic carbocycles. The Morgan fingerprint density at radius 2 is 1.49 bits per heavy atom. The van der Waals surface area contributed by atoms with E-state index in [0.29, 0.717) is 36.8 Å². The lowest BCUT2D eigenvalue weighted by molar-refractivity contribution is -0.137. The summed E-state index contributed by atoms with van der Waals surface area (Å²) in [6.45, 7) is 1.74. The SMILES string of the molecule is O=C(C1CC(=O)N(c2cccc3c2OCO3)C1)N1CCC(c2c[nH]c3ccccc23)(c2c[nH]c3ccccc23)CC1. The maximum absolute atomic E-state index is 13.8. The predicted molar refractivity (Wildman–Crippen MR) is 156 cm³/mol. The van der Waals surface area contributed by atoms with E-state index in [1.54, 1.807) is 4.90 Å². The van der Waals surface area contributed by atoms with Crippen LogP contribution in [0.3, 0.4) is 0 Å². The van der Waals surface area contributed by atoms with Gasteiger partial charge in [-0.3, -0.25) is 9.59 Å². The molecule has 0 saturated carbocycles. The number of anilines is 1. The van der Waals surface area contributed by atoms with Crippen molar-refractivity contribution in [2.45, 2.75) is 24.7 Å². The molecule has 0 bridgehead atoms. The molecule has 2 N–H and O–H groups in total. The average molecular weight is 547 g/mol. The molecule has 3 aliphatic heterocycles. The van der Waals surface area contributed by atoms with Gasteiger partial charge < -0.3 is 29.2 Å².